The second-order valence-corrected chi connectivity index (χ2v) is 5.46. The first kappa shape index (κ1) is 12.8. The maximum atomic E-state index is 6.14. The largest absolute Gasteiger partial charge is 0.342 e. The number of fused-ring (bicyclic) bond motifs is 1. The Hall–Kier alpha value is -1.22. The van der Waals surface area contributed by atoms with Crippen LogP contribution in [0.25, 0.3) is 11.0 Å². The molecule has 5 heteroatoms. The number of hydrogen-bond acceptors (Lipinski definition) is 1. The summed E-state index contributed by atoms with van der Waals surface area (Å²) in [6, 6.07) is 11.2. The lowest BCUT2D eigenvalue weighted by atomic mass is 10.1. The van der Waals surface area contributed by atoms with Crippen LogP contribution in [0.4, 0.5) is 0 Å². The number of nitrogens with one attached hydrogen (secondary N) is 1. The summed E-state index contributed by atoms with van der Waals surface area (Å²) in [5.41, 5.74) is 2.70. The highest BCUT2D eigenvalue weighted by atomic mass is 35.5. The van der Waals surface area contributed by atoms with Gasteiger partial charge in [0.2, 0.25) is 0 Å². The Bertz CT molecular complexity index is 711. The normalized spacial score (nSPS) is 11.1. The van der Waals surface area contributed by atoms with Gasteiger partial charge in [0.1, 0.15) is 5.82 Å². The minimum Gasteiger partial charge on any atom is -0.342 e. The predicted octanol–water partition coefficient (Wildman–Crippen LogP) is 5.11. The van der Waals surface area contributed by atoms with E-state index in [-0.39, 0.29) is 0 Å². The Morgan fingerprint density at radius 3 is 2.47 bits per heavy atom. The third-order valence-electron chi connectivity index (χ3n) is 2.89. The highest BCUT2D eigenvalue weighted by Gasteiger charge is 2.08. The van der Waals surface area contributed by atoms with Crippen molar-refractivity contribution in [2.75, 3.05) is 0 Å². The number of H-pyrrole nitrogens is 1. The molecular formula is C14H9Cl3N2. The third kappa shape index (κ3) is 2.57. The second kappa shape index (κ2) is 5.04. The Morgan fingerprint density at radius 1 is 0.947 bits per heavy atom. The highest BCUT2D eigenvalue weighted by molar-refractivity contribution is 6.42. The topological polar surface area (TPSA) is 28.7 Å². The van der Waals surface area contributed by atoms with Gasteiger partial charge in [-0.15, -0.1) is 0 Å². The summed E-state index contributed by atoms with van der Waals surface area (Å²) in [5.74, 6) is 0.835. The minimum absolute atomic E-state index is 0.505. The quantitative estimate of drug-likeness (QED) is 0.699. The van der Waals surface area contributed by atoms with E-state index in [0.717, 1.165) is 27.4 Å². The van der Waals surface area contributed by atoms with E-state index in [1.807, 2.05) is 24.3 Å². The molecule has 1 heterocycles. The number of halogens is 3. The van der Waals surface area contributed by atoms with E-state index in [1.165, 1.54) is 0 Å². The molecule has 0 bridgehead atoms. The second-order valence-electron chi connectivity index (χ2n) is 4.24. The van der Waals surface area contributed by atoms with Gasteiger partial charge in [-0.1, -0.05) is 53.0 Å². The fourth-order valence-corrected chi connectivity index (χ4v) is 2.49. The molecule has 0 saturated carbocycles. The van der Waals surface area contributed by atoms with Gasteiger partial charge in [-0.2, -0.15) is 0 Å². The van der Waals surface area contributed by atoms with Crippen molar-refractivity contribution >= 4 is 45.8 Å². The lowest BCUT2D eigenvalue weighted by molar-refractivity contribution is 1.04. The summed E-state index contributed by atoms with van der Waals surface area (Å²) in [6.07, 6.45) is 0.642. The van der Waals surface area contributed by atoms with Gasteiger partial charge in [-0.25, -0.2) is 4.98 Å². The first-order valence-corrected chi connectivity index (χ1v) is 6.84. The lowest BCUT2D eigenvalue weighted by Gasteiger charge is -2.00. The number of aromatic amines is 1. The van der Waals surface area contributed by atoms with Crippen molar-refractivity contribution < 1.29 is 0 Å². The summed E-state index contributed by atoms with van der Waals surface area (Å²) in [5, 5.41) is 1.76. The van der Waals surface area contributed by atoms with Crippen molar-refractivity contribution in [1.29, 1.82) is 0 Å². The van der Waals surface area contributed by atoms with Gasteiger partial charge in [0.15, 0.2) is 0 Å². The van der Waals surface area contributed by atoms with E-state index in [9.17, 15) is 0 Å². The van der Waals surface area contributed by atoms with E-state index in [2.05, 4.69) is 9.97 Å². The van der Waals surface area contributed by atoms with E-state index in [1.54, 1.807) is 12.1 Å². The standard InChI is InChI=1S/C14H9Cl3N2/c15-9-4-2-1-3-8(9)5-14-18-12-6-10(16)11(17)7-13(12)19-14/h1-4,6-7H,5H2,(H,18,19). The molecule has 3 aromatic rings. The molecule has 0 aliphatic rings. The fourth-order valence-electron chi connectivity index (χ4n) is 1.96. The van der Waals surface area contributed by atoms with Gasteiger partial charge in [0.25, 0.3) is 0 Å². The molecule has 96 valence electrons. The van der Waals surface area contributed by atoms with Crippen LogP contribution in [0.1, 0.15) is 11.4 Å². The van der Waals surface area contributed by atoms with Crippen LogP contribution in [0.15, 0.2) is 36.4 Å². The summed E-state index contributed by atoms with van der Waals surface area (Å²) in [7, 11) is 0. The molecule has 0 radical (unpaired) electrons. The Balaban J connectivity index is 2.00. The van der Waals surface area contributed by atoms with Crippen LogP contribution in [0, 0.1) is 0 Å². The Morgan fingerprint density at radius 2 is 1.68 bits per heavy atom. The van der Waals surface area contributed by atoms with Crippen molar-refractivity contribution in [2.24, 2.45) is 0 Å². The molecule has 0 aliphatic carbocycles. The smallest absolute Gasteiger partial charge is 0.111 e. The van der Waals surface area contributed by atoms with Gasteiger partial charge in [-0.3, -0.25) is 0 Å². The number of aromatic nitrogens is 2. The summed E-state index contributed by atoms with van der Waals surface area (Å²) >= 11 is 18.1. The van der Waals surface area contributed by atoms with Crippen LogP contribution in [0.5, 0.6) is 0 Å². The highest BCUT2D eigenvalue weighted by Crippen LogP contribution is 2.27. The molecule has 0 amide bonds. The SMILES string of the molecule is Clc1cc2nc(Cc3ccccc3Cl)[nH]c2cc1Cl. The maximum Gasteiger partial charge on any atom is 0.111 e. The maximum absolute atomic E-state index is 6.14. The van der Waals surface area contributed by atoms with E-state index < -0.39 is 0 Å². The molecule has 0 aliphatic heterocycles. The minimum atomic E-state index is 0.505. The number of hydrogen-bond donors (Lipinski definition) is 1. The van der Waals surface area contributed by atoms with Gasteiger partial charge in [-0.05, 0) is 23.8 Å². The van der Waals surface area contributed by atoms with Crippen molar-refractivity contribution in [2.45, 2.75) is 6.42 Å². The molecule has 1 N–H and O–H groups in total. The summed E-state index contributed by atoms with van der Waals surface area (Å²) in [6.45, 7) is 0. The zero-order valence-electron chi connectivity index (χ0n) is 9.75. The molecular weight excluding hydrogens is 303 g/mol. The third-order valence-corrected chi connectivity index (χ3v) is 3.98. The van der Waals surface area contributed by atoms with Crippen molar-refractivity contribution in [3.63, 3.8) is 0 Å². The molecule has 19 heavy (non-hydrogen) atoms. The van der Waals surface area contributed by atoms with Crippen LogP contribution in [-0.2, 0) is 6.42 Å². The Kier molecular flexibility index (Phi) is 3.40. The number of rotatable bonds is 2. The summed E-state index contributed by atoms with van der Waals surface area (Å²) < 4.78 is 0. The van der Waals surface area contributed by atoms with Crippen LogP contribution < -0.4 is 0 Å². The zero-order valence-corrected chi connectivity index (χ0v) is 12.0. The van der Waals surface area contributed by atoms with Crippen LogP contribution in [-0.4, -0.2) is 9.97 Å². The van der Waals surface area contributed by atoms with E-state index >= 15 is 0 Å². The molecule has 0 unspecified atom stereocenters. The first-order valence-electron chi connectivity index (χ1n) is 5.70. The van der Waals surface area contributed by atoms with Gasteiger partial charge in [0, 0.05) is 11.4 Å². The molecule has 2 nitrogen and oxygen atoms in total. The van der Waals surface area contributed by atoms with Crippen molar-refractivity contribution in [3.8, 4) is 0 Å². The number of imidazole rings is 1. The zero-order chi connectivity index (χ0) is 13.4. The molecule has 2 aromatic carbocycles. The lowest BCUT2D eigenvalue weighted by Crippen LogP contribution is -1.91. The molecule has 0 saturated heterocycles. The van der Waals surface area contributed by atoms with Crippen LogP contribution >= 0.6 is 34.8 Å². The molecule has 1 aromatic heterocycles. The average Bonchev–Trinajstić information content (AvgIpc) is 2.74. The number of benzene rings is 2. The van der Waals surface area contributed by atoms with E-state index in [0.29, 0.717) is 16.5 Å². The average molecular weight is 312 g/mol. The predicted molar refractivity (Wildman–Crippen MR) is 80.4 cm³/mol. The van der Waals surface area contributed by atoms with Gasteiger partial charge in [0.05, 0.1) is 21.1 Å². The molecule has 0 atom stereocenters. The summed E-state index contributed by atoms with van der Waals surface area (Å²) in [4.78, 5) is 7.72. The first-order chi connectivity index (χ1) is 9.13. The van der Waals surface area contributed by atoms with Crippen molar-refractivity contribution in [3.05, 3.63) is 62.9 Å². The monoisotopic (exact) mass is 310 g/mol. The van der Waals surface area contributed by atoms with Gasteiger partial charge < -0.3 is 4.98 Å². The molecule has 0 fully saturated rings. The van der Waals surface area contributed by atoms with E-state index in [4.69, 9.17) is 34.8 Å². The fraction of sp³-hybridized carbons (Fsp3) is 0.0714. The molecule has 0 spiro atoms. The van der Waals surface area contributed by atoms with Crippen LogP contribution in [0.3, 0.4) is 0 Å². The van der Waals surface area contributed by atoms with Gasteiger partial charge >= 0.3 is 0 Å². The van der Waals surface area contributed by atoms with Crippen molar-refractivity contribution in [1.82, 2.24) is 9.97 Å². The number of nitrogens with zero attached hydrogens (tertiary/aromatic N) is 1. The molecule has 3 rings (SSSR count). The Labute approximate surface area is 125 Å². The van der Waals surface area contributed by atoms with Crippen LogP contribution in [0.2, 0.25) is 15.1 Å².